The van der Waals surface area contributed by atoms with E-state index in [0.29, 0.717) is 16.7 Å². The van der Waals surface area contributed by atoms with Gasteiger partial charge in [-0.3, -0.25) is 14.9 Å². The molecule has 1 heterocycles. The molecule has 0 unspecified atom stereocenters. The average Bonchev–Trinajstić information content (AvgIpc) is 3.14. The van der Waals surface area contributed by atoms with Crippen LogP contribution in [0.1, 0.15) is 61.3 Å². The standard InChI is InChI=1S/C31H32N2O6/c1-19-14-16-21(17-15-19)26-27(33(37)38)22(20-10-6-5-7-11-20)18-25(34)31(26)23-12-8-9-13-24(23)32(28(31)35)29(36)39-30(2,3)4/h5-17,22,25-27,34H,18H2,1-4H3/t22-,25-,26-,27-,31-/m0/s1. The monoisotopic (exact) mass is 528 g/mol. The third-order valence-electron chi connectivity index (χ3n) is 7.88. The molecule has 2 aliphatic rings. The Kier molecular flexibility index (Phi) is 6.55. The van der Waals surface area contributed by atoms with Crippen LogP contribution in [0.4, 0.5) is 10.5 Å². The zero-order valence-electron chi connectivity index (χ0n) is 22.4. The van der Waals surface area contributed by atoms with Gasteiger partial charge in [-0.15, -0.1) is 0 Å². The van der Waals surface area contributed by atoms with Crippen molar-refractivity contribution < 1.29 is 24.4 Å². The van der Waals surface area contributed by atoms with Gasteiger partial charge in [0.2, 0.25) is 6.04 Å². The number of para-hydroxylation sites is 1. The molecule has 39 heavy (non-hydrogen) atoms. The van der Waals surface area contributed by atoms with Crippen LogP contribution in [0.2, 0.25) is 0 Å². The molecule has 3 aromatic carbocycles. The van der Waals surface area contributed by atoms with Crippen molar-refractivity contribution in [1.29, 1.82) is 0 Å². The first-order valence-corrected chi connectivity index (χ1v) is 13.1. The van der Waals surface area contributed by atoms with Crippen molar-refractivity contribution in [2.24, 2.45) is 0 Å². The van der Waals surface area contributed by atoms with Crippen LogP contribution >= 0.6 is 0 Å². The highest BCUT2D eigenvalue weighted by atomic mass is 16.6. The summed E-state index contributed by atoms with van der Waals surface area (Å²) in [4.78, 5) is 41.6. The number of benzene rings is 3. The van der Waals surface area contributed by atoms with Crippen LogP contribution in [0.3, 0.4) is 0 Å². The molecule has 8 nitrogen and oxygen atoms in total. The van der Waals surface area contributed by atoms with Gasteiger partial charge in [0, 0.05) is 4.92 Å². The fourth-order valence-corrected chi connectivity index (χ4v) is 6.35. The average molecular weight is 529 g/mol. The molecule has 8 heteroatoms. The molecular formula is C31H32N2O6. The van der Waals surface area contributed by atoms with E-state index in [1.54, 1.807) is 57.2 Å². The SMILES string of the molecule is Cc1ccc([C@H]2[C@@H]([N+](=O)[O-])[C@H](c3ccccc3)C[C@H](O)[C@]23C(=O)N(C(=O)OC(C)(C)C)c2ccccc23)cc1. The zero-order valence-corrected chi connectivity index (χ0v) is 22.4. The normalized spacial score (nSPS) is 26.4. The molecule has 0 aromatic heterocycles. The number of nitrogens with zero attached hydrogens (tertiary/aromatic N) is 2. The molecule has 202 valence electrons. The van der Waals surface area contributed by atoms with Crippen molar-refractivity contribution in [2.45, 2.75) is 69.1 Å². The Morgan fingerprint density at radius 2 is 1.62 bits per heavy atom. The molecule has 5 atom stereocenters. The maximum atomic E-state index is 14.6. The van der Waals surface area contributed by atoms with Gasteiger partial charge in [0.1, 0.15) is 11.0 Å². The zero-order chi connectivity index (χ0) is 28.1. The van der Waals surface area contributed by atoms with Crippen LogP contribution in [0, 0.1) is 17.0 Å². The number of aryl methyl sites for hydroxylation is 1. The van der Waals surface area contributed by atoms with E-state index < -0.39 is 47.0 Å². The number of hydrogen-bond acceptors (Lipinski definition) is 6. The highest BCUT2D eigenvalue weighted by Crippen LogP contribution is 2.60. The fraction of sp³-hybridized carbons (Fsp3) is 0.355. The van der Waals surface area contributed by atoms with E-state index >= 15 is 0 Å². The number of amides is 2. The smallest absolute Gasteiger partial charge is 0.421 e. The van der Waals surface area contributed by atoms with Gasteiger partial charge < -0.3 is 9.84 Å². The number of aliphatic hydroxyl groups is 1. The summed E-state index contributed by atoms with van der Waals surface area (Å²) in [5.41, 5.74) is 0.224. The highest BCUT2D eigenvalue weighted by Gasteiger charge is 2.69. The summed E-state index contributed by atoms with van der Waals surface area (Å²) in [6.07, 6.45) is -2.22. The minimum absolute atomic E-state index is 0.0275. The summed E-state index contributed by atoms with van der Waals surface area (Å²) in [6.45, 7) is 7.01. The highest BCUT2D eigenvalue weighted by molar-refractivity contribution is 6.22. The maximum absolute atomic E-state index is 14.6. The Bertz CT molecular complexity index is 1410. The summed E-state index contributed by atoms with van der Waals surface area (Å²) in [6, 6.07) is 21.8. The van der Waals surface area contributed by atoms with E-state index in [9.17, 15) is 24.8 Å². The summed E-state index contributed by atoms with van der Waals surface area (Å²) < 4.78 is 5.59. The first-order valence-electron chi connectivity index (χ1n) is 13.1. The topological polar surface area (TPSA) is 110 Å². The predicted octanol–water partition coefficient (Wildman–Crippen LogP) is 5.49. The van der Waals surface area contributed by atoms with E-state index in [4.69, 9.17) is 4.74 Å². The third kappa shape index (κ3) is 4.29. The Morgan fingerprint density at radius 1 is 1.00 bits per heavy atom. The number of aliphatic hydroxyl groups excluding tert-OH is 1. The summed E-state index contributed by atoms with van der Waals surface area (Å²) in [5.74, 6) is -2.44. The second kappa shape index (κ2) is 9.61. The minimum atomic E-state index is -1.77. The largest absolute Gasteiger partial charge is 0.443 e. The van der Waals surface area contributed by atoms with Gasteiger partial charge >= 0.3 is 6.09 Å². The van der Waals surface area contributed by atoms with Gasteiger partial charge in [0.05, 0.1) is 23.6 Å². The Hall–Kier alpha value is -4.04. The van der Waals surface area contributed by atoms with Gasteiger partial charge in [0.15, 0.2) is 0 Å². The number of imide groups is 1. The van der Waals surface area contributed by atoms with Crippen LogP contribution < -0.4 is 4.90 Å². The number of carbonyl (C=O) groups excluding carboxylic acids is 2. The third-order valence-corrected chi connectivity index (χ3v) is 7.88. The van der Waals surface area contributed by atoms with Crippen molar-refractivity contribution in [3.8, 4) is 0 Å². The number of carbonyl (C=O) groups is 2. The Morgan fingerprint density at radius 3 is 2.23 bits per heavy atom. The molecule has 2 amide bonds. The number of ether oxygens (including phenoxy) is 1. The lowest BCUT2D eigenvalue weighted by Gasteiger charge is -2.47. The number of anilines is 1. The minimum Gasteiger partial charge on any atom is -0.443 e. The van der Waals surface area contributed by atoms with Crippen molar-refractivity contribution >= 4 is 17.7 Å². The lowest BCUT2D eigenvalue weighted by atomic mass is 9.54. The predicted molar refractivity (Wildman–Crippen MR) is 146 cm³/mol. The van der Waals surface area contributed by atoms with Crippen LogP contribution in [0.25, 0.3) is 0 Å². The number of rotatable bonds is 3. The number of nitro groups is 1. The molecule has 0 radical (unpaired) electrons. The van der Waals surface area contributed by atoms with Gasteiger partial charge in [-0.2, -0.15) is 0 Å². The van der Waals surface area contributed by atoms with E-state index in [1.165, 1.54) is 0 Å². The van der Waals surface area contributed by atoms with Crippen molar-refractivity contribution in [3.05, 3.63) is 111 Å². The molecule has 0 saturated heterocycles. The second-order valence-electron chi connectivity index (χ2n) is 11.4. The molecule has 1 fully saturated rings. The van der Waals surface area contributed by atoms with Crippen LogP contribution in [-0.2, 0) is 14.9 Å². The second-order valence-corrected chi connectivity index (χ2v) is 11.4. The molecular weight excluding hydrogens is 496 g/mol. The maximum Gasteiger partial charge on any atom is 0.421 e. The molecule has 3 aromatic rings. The van der Waals surface area contributed by atoms with E-state index in [2.05, 4.69) is 0 Å². The molecule has 1 saturated carbocycles. The number of fused-ring (bicyclic) bond motifs is 2. The molecule has 0 bridgehead atoms. The molecule has 1 aliphatic heterocycles. The molecule has 5 rings (SSSR count). The van der Waals surface area contributed by atoms with E-state index in [-0.39, 0.29) is 17.0 Å². The fourth-order valence-electron chi connectivity index (χ4n) is 6.35. The summed E-state index contributed by atoms with van der Waals surface area (Å²) in [7, 11) is 0. The summed E-state index contributed by atoms with van der Waals surface area (Å²) >= 11 is 0. The first kappa shape index (κ1) is 26.6. The van der Waals surface area contributed by atoms with Crippen LogP contribution in [0.15, 0.2) is 78.9 Å². The Labute approximate surface area is 227 Å². The van der Waals surface area contributed by atoms with Gasteiger partial charge in [-0.05, 0) is 56.9 Å². The van der Waals surface area contributed by atoms with Gasteiger partial charge in [0.25, 0.3) is 5.91 Å². The van der Waals surface area contributed by atoms with E-state index in [1.807, 2.05) is 49.4 Å². The van der Waals surface area contributed by atoms with Crippen LogP contribution in [-0.4, -0.2) is 39.8 Å². The van der Waals surface area contributed by atoms with Gasteiger partial charge in [-0.1, -0.05) is 78.4 Å². The van der Waals surface area contributed by atoms with E-state index in [0.717, 1.165) is 10.5 Å². The van der Waals surface area contributed by atoms with Crippen LogP contribution in [0.5, 0.6) is 0 Å². The Balaban J connectivity index is 1.78. The molecule has 1 spiro atoms. The first-order chi connectivity index (χ1) is 18.5. The van der Waals surface area contributed by atoms with Crippen molar-refractivity contribution in [3.63, 3.8) is 0 Å². The lowest BCUT2D eigenvalue weighted by molar-refractivity contribution is -0.537. The number of hydrogen-bond donors (Lipinski definition) is 1. The van der Waals surface area contributed by atoms with Crippen molar-refractivity contribution in [1.82, 2.24) is 0 Å². The molecule has 1 N–H and O–H groups in total. The van der Waals surface area contributed by atoms with Gasteiger partial charge in [-0.25, -0.2) is 9.69 Å². The quantitative estimate of drug-likeness (QED) is 0.356. The molecule has 1 aliphatic carbocycles. The summed E-state index contributed by atoms with van der Waals surface area (Å²) in [5, 5.41) is 25.0. The van der Waals surface area contributed by atoms with Crippen molar-refractivity contribution in [2.75, 3.05) is 4.90 Å². The lowest BCUT2D eigenvalue weighted by Crippen LogP contribution is -2.62.